The molecule has 10 nitrogen and oxygen atoms in total. The Bertz CT molecular complexity index is 886. The summed E-state index contributed by atoms with van der Waals surface area (Å²) in [5, 5.41) is 0. The average molecular weight is 286 g/mol. The van der Waals surface area contributed by atoms with Gasteiger partial charge in [-0.3, -0.25) is 19.6 Å². The van der Waals surface area contributed by atoms with Crippen LogP contribution >= 0.6 is 0 Å². The number of aromatic nitrogens is 4. The molecule has 100 valence electrons. The van der Waals surface area contributed by atoms with Crippen molar-refractivity contribution < 1.29 is 8.42 Å². The normalized spacial score (nSPS) is 11.4. The van der Waals surface area contributed by atoms with E-state index in [4.69, 9.17) is 0 Å². The van der Waals surface area contributed by atoms with Gasteiger partial charge in [-0.15, -0.1) is 0 Å². The number of hydrogen-bond donors (Lipinski definition) is 4. The molecule has 2 heterocycles. The molecule has 11 heteroatoms. The second kappa shape index (κ2) is 4.20. The molecule has 4 N–H and O–H groups in total. The minimum atomic E-state index is -4.46. The van der Waals surface area contributed by atoms with Crippen molar-refractivity contribution in [1.82, 2.24) is 19.9 Å². The SMILES string of the molecule is O=c1[nH]cc(S(=O)(=O)c2c[nH]c(=O)[nH]c2=O)c(=O)[nH]1. The third-order valence-corrected chi connectivity index (χ3v) is 3.91. The lowest BCUT2D eigenvalue weighted by Crippen LogP contribution is -2.31. The first-order valence-electron chi connectivity index (χ1n) is 4.71. The molecule has 0 unspecified atom stereocenters. The molecule has 0 spiro atoms. The highest BCUT2D eigenvalue weighted by Gasteiger charge is 2.25. The van der Waals surface area contributed by atoms with Gasteiger partial charge in [-0.2, -0.15) is 0 Å². The molecule has 0 fully saturated rings. The van der Waals surface area contributed by atoms with Crippen molar-refractivity contribution in [3.8, 4) is 0 Å². The van der Waals surface area contributed by atoms with E-state index in [0.29, 0.717) is 12.4 Å². The zero-order valence-electron chi connectivity index (χ0n) is 9.01. The molecule has 2 rings (SSSR count). The van der Waals surface area contributed by atoms with Gasteiger partial charge in [0, 0.05) is 12.4 Å². The fraction of sp³-hybridized carbons (Fsp3) is 0. The fourth-order valence-electron chi connectivity index (χ4n) is 1.31. The van der Waals surface area contributed by atoms with Gasteiger partial charge in [-0.25, -0.2) is 18.0 Å². The van der Waals surface area contributed by atoms with E-state index in [0.717, 1.165) is 0 Å². The Balaban J connectivity index is 2.80. The van der Waals surface area contributed by atoms with Crippen LogP contribution in [-0.4, -0.2) is 28.4 Å². The Labute approximate surface area is 103 Å². The van der Waals surface area contributed by atoms with Crippen molar-refractivity contribution in [3.63, 3.8) is 0 Å². The van der Waals surface area contributed by atoms with Crippen LogP contribution in [0.25, 0.3) is 0 Å². The number of aromatic amines is 4. The number of hydrogen-bond acceptors (Lipinski definition) is 6. The van der Waals surface area contributed by atoms with E-state index in [1.165, 1.54) is 0 Å². The first-order chi connectivity index (χ1) is 8.82. The predicted molar refractivity (Wildman–Crippen MR) is 60.8 cm³/mol. The smallest absolute Gasteiger partial charge is 0.313 e. The Kier molecular flexibility index (Phi) is 2.82. The third-order valence-electron chi connectivity index (χ3n) is 2.15. The Morgan fingerprint density at radius 3 is 1.42 bits per heavy atom. The monoisotopic (exact) mass is 286 g/mol. The van der Waals surface area contributed by atoms with E-state index in [2.05, 4.69) is 0 Å². The largest absolute Gasteiger partial charge is 0.325 e. The molecular formula is C8H6N4O6S. The zero-order chi connectivity index (χ0) is 14.2. The van der Waals surface area contributed by atoms with Gasteiger partial charge in [-0.1, -0.05) is 0 Å². The maximum Gasteiger partial charge on any atom is 0.325 e. The molecule has 0 aliphatic heterocycles. The molecule has 0 bridgehead atoms. The summed E-state index contributed by atoms with van der Waals surface area (Å²) in [6, 6.07) is 0. The van der Waals surface area contributed by atoms with Crippen LogP contribution < -0.4 is 22.5 Å². The van der Waals surface area contributed by atoms with Gasteiger partial charge in [-0.05, 0) is 0 Å². The fourth-order valence-corrected chi connectivity index (χ4v) is 2.57. The van der Waals surface area contributed by atoms with Gasteiger partial charge in [0.2, 0.25) is 9.84 Å². The quantitative estimate of drug-likeness (QED) is 0.467. The summed E-state index contributed by atoms with van der Waals surface area (Å²) in [5.41, 5.74) is -4.12. The van der Waals surface area contributed by atoms with Gasteiger partial charge >= 0.3 is 11.4 Å². The van der Waals surface area contributed by atoms with Crippen molar-refractivity contribution in [2.75, 3.05) is 0 Å². The highest BCUT2D eigenvalue weighted by molar-refractivity contribution is 7.91. The standard InChI is InChI=1S/C8H6N4O6S/c13-5-3(1-9-7(15)11-5)19(17,18)4-2-10-8(16)12-6(4)14/h1-2H,(H2,9,11,13,15)(H2,10,12,14,16). The summed E-state index contributed by atoms with van der Waals surface area (Å²) < 4.78 is 24.0. The maximum atomic E-state index is 12.0. The first-order valence-corrected chi connectivity index (χ1v) is 6.20. The van der Waals surface area contributed by atoms with Crippen molar-refractivity contribution in [3.05, 3.63) is 54.1 Å². The van der Waals surface area contributed by atoms with E-state index in [9.17, 15) is 27.6 Å². The summed E-state index contributed by atoms with van der Waals surface area (Å²) in [7, 11) is -4.46. The summed E-state index contributed by atoms with van der Waals surface area (Å²) >= 11 is 0. The van der Waals surface area contributed by atoms with Crippen LogP contribution in [0.15, 0.2) is 41.4 Å². The highest BCUT2D eigenvalue weighted by atomic mass is 32.2. The minimum Gasteiger partial charge on any atom is -0.313 e. The number of rotatable bonds is 2. The molecule has 0 saturated heterocycles. The maximum absolute atomic E-state index is 12.0. The summed E-state index contributed by atoms with van der Waals surface area (Å²) in [6.07, 6.45) is 1.34. The Morgan fingerprint density at radius 1 is 0.737 bits per heavy atom. The molecule has 0 aliphatic carbocycles. The molecule has 0 atom stereocenters. The molecule has 0 aliphatic rings. The first kappa shape index (κ1) is 12.8. The van der Waals surface area contributed by atoms with Crippen molar-refractivity contribution in [2.24, 2.45) is 0 Å². The zero-order valence-corrected chi connectivity index (χ0v) is 9.83. The van der Waals surface area contributed by atoms with Gasteiger partial charge in [0.25, 0.3) is 11.1 Å². The van der Waals surface area contributed by atoms with Crippen LogP contribution in [0.2, 0.25) is 0 Å². The van der Waals surface area contributed by atoms with E-state index < -0.39 is 42.1 Å². The van der Waals surface area contributed by atoms with Crippen LogP contribution in [0.1, 0.15) is 0 Å². The van der Waals surface area contributed by atoms with E-state index in [1.54, 1.807) is 9.97 Å². The minimum absolute atomic E-state index is 0.668. The van der Waals surface area contributed by atoms with E-state index in [1.807, 2.05) is 9.97 Å². The van der Waals surface area contributed by atoms with Crippen molar-refractivity contribution >= 4 is 9.84 Å². The lowest BCUT2D eigenvalue weighted by molar-refractivity contribution is 0.591. The van der Waals surface area contributed by atoms with Crippen LogP contribution in [0.4, 0.5) is 0 Å². The van der Waals surface area contributed by atoms with E-state index >= 15 is 0 Å². The molecule has 0 aromatic carbocycles. The second-order valence-electron chi connectivity index (χ2n) is 3.38. The molecule has 19 heavy (non-hydrogen) atoms. The number of nitrogens with one attached hydrogen (secondary N) is 4. The van der Waals surface area contributed by atoms with E-state index in [-0.39, 0.29) is 0 Å². The van der Waals surface area contributed by atoms with Crippen LogP contribution in [0.5, 0.6) is 0 Å². The van der Waals surface area contributed by atoms with Crippen molar-refractivity contribution in [1.29, 1.82) is 0 Å². The topological polar surface area (TPSA) is 166 Å². The van der Waals surface area contributed by atoms with Crippen LogP contribution in [0, 0.1) is 0 Å². The predicted octanol–water partition coefficient (Wildman–Crippen LogP) is -2.73. The second-order valence-corrected chi connectivity index (χ2v) is 5.26. The van der Waals surface area contributed by atoms with Crippen molar-refractivity contribution in [2.45, 2.75) is 9.79 Å². The lowest BCUT2D eigenvalue weighted by atomic mass is 10.6. The van der Waals surface area contributed by atoms with Gasteiger partial charge < -0.3 is 9.97 Å². The van der Waals surface area contributed by atoms with Gasteiger partial charge in [0.15, 0.2) is 9.79 Å². The molecule has 0 amide bonds. The lowest BCUT2D eigenvalue weighted by Gasteiger charge is -2.01. The molecule has 2 aromatic rings. The molecule has 2 aromatic heterocycles. The van der Waals surface area contributed by atoms with Gasteiger partial charge in [0.1, 0.15) is 0 Å². The Morgan fingerprint density at radius 2 is 1.11 bits per heavy atom. The number of H-pyrrole nitrogens is 4. The highest BCUT2D eigenvalue weighted by Crippen LogP contribution is 2.10. The molecule has 0 radical (unpaired) electrons. The average Bonchev–Trinajstić information content (AvgIpc) is 2.27. The molecular weight excluding hydrogens is 280 g/mol. The van der Waals surface area contributed by atoms with Gasteiger partial charge in [0.05, 0.1) is 0 Å². The van der Waals surface area contributed by atoms with Crippen LogP contribution in [-0.2, 0) is 9.84 Å². The summed E-state index contributed by atoms with van der Waals surface area (Å²) in [5.74, 6) is 0. The number of sulfone groups is 1. The third kappa shape index (κ3) is 2.18. The molecule has 0 saturated carbocycles. The summed E-state index contributed by atoms with van der Waals surface area (Å²) in [4.78, 5) is 50.1. The Hall–Kier alpha value is -2.69. The summed E-state index contributed by atoms with van der Waals surface area (Å²) in [6.45, 7) is 0. The van der Waals surface area contributed by atoms with Crippen LogP contribution in [0.3, 0.4) is 0 Å².